The normalized spacial score (nSPS) is 12.1. The van der Waals surface area contributed by atoms with Crippen LogP contribution < -0.4 is 5.19 Å². The average molecular weight is 332 g/mol. The summed E-state index contributed by atoms with van der Waals surface area (Å²) in [7, 11) is 0.475. The van der Waals surface area contributed by atoms with Crippen molar-refractivity contribution < 1.29 is 9.47 Å². The summed E-state index contributed by atoms with van der Waals surface area (Å²) in [5, 5.41) is 9.26. The van der Waals surface area contributed by atoms with Crippen LogP contribution in [0.2, 0.25) is 0 Å². The predicted molar refractivity (Wildman–Crippen MR) is 103 cm³/mol. The number of rotatable bonds is 6. The number of ether oxygens (including phenoxy) is 2. The Morgan fingerprint density at radius 3 is 2.12 bits per heavy atom. The Morgan fingerprint density at radius 2 is 1.42 bits per heavy atom. The highest BCUT2D eigenvalue weighted by Crippen LogP contribution is 2.33. The minimum atomic E-state index is -0.161. The van der Waals surface area contributed by atoms with Crippen LogP contribution in [0.25, 0.3) is 32.3 Å². The summed E-state index contributed by atoms with van der Waals surface area (Å²) in [5.74, 6) is -0.161. The molecule has 0 bridgehead atoms. The van der Waals surface area contributed by atoms with E-state index in [0.29, 0.717) is 22.7 Å². The highest BCUT2D eigenvalue weighted by Gasteiger charge is 2.16. The molecule has 2 nitrogen and oxygen atoms in total. The van der Waals surface area contributed by atoms with Crippen LogP contribution in [0.15, 0.2) is 54.6 Å². The van der Waals surface area contributed by atoms with E-state index in [2.05, 4.69) is 54.6 Å². The van der Waals surface area contributed by atoms with Gasteiger partial charge in [0, 0.05) is 13.2 Å². The highest BCUT2D eigenvalue weighted by molar-refractivity contribution is 6.59. The molecule has 0 aliphatic heterocycles. The predicted octanol–water partition coefficient (Wildman–Crippen LogP) is 4.27. The molecule has 4 aromatic rings. The first-order valence-electron chi connectivity index (χ1n) is 8.48. The minimum absolute atomic E-state index is 0.161. The average Bonchev–Trinajstić information content (AvgIpc) is 2.61. The first-order chi connectivity index (χ1) is 11.8. The van der Waals surface area contributed by atoms with Crippen LogP contribution in [-0.4, -0.2) is 28.6 Å². The standard InChI is InChI=1S/C21H20O2Si/c1-3-22-21(23-4-2)24-18-13-16-9-5-7-14-11-12-15-8-6-10-17(18)20(15)19(14)16/h5-13,21H,3-4H2,1-2H3. The lowest BCUT2D eigenvalue weighted by atomic mass is 9.94. The van der Waals surface area contributed by atoms with Crippen molar-refractivity contribution in [1.29, 1.82) is 0 Å². The minimum Gasteiger partial charge on any atom is -0.357 e. The van der Waals surface area contributed by atoms with Crippen molar-refractivity contribution in [2.24, 2.45) is 0 Å². The monoisotopic (exact) mass is 332 g/mol. The van der Waals surface area contributed by atoms with Crippen molar-refractivity contribution in [2.75, 3.05) is 13.2 Å². The number of hydrogen-bond acceptors (Lipinski definition) is 2. The molecule has 120 valence electrons. The maximum atomic E-state index is 5.79. The van der Waals surface area contributed by atoms with E-state index in [1.54, 1.807) is 0 Å². The molecule has 0 N–H and O–H groups in total. The van der Waals surface area contributed by atoms with Gasteiger partial charge in [0.25, 0.3) is 0 Å². The van der Waals surface area contributed by atoms with Crippen molar-refractivity contribution in [3.05, 3.63) is 54.6 Å². The van der Waals surface area contributed by atoms with Crippen molar-refractivity contribution in [1.82, 2.24) is 0 Å². The van der Waals surface area contributed by atoms with Crippen molar-refractivity contribution in [3.8, 4) is 0 Å². The molecule has 4 rings (SSSR count). The Labute approximate surface area is 144 Å². The molecule has 0 spiro atoms. The summed E-state index contributed by atoms with van der Waals surface area (Å²) >= 11 is 0. The van der Waals surface area contributed by atoms with Gasteiger partial charge in [-0.1, -0.05) is 54.6 Å². The molecule has 24 heavy (non-hydrogen) atoms. The van der Waals surface area contributed by atoms with Crippen LogP contribution in [-0.2, 0) is 9.47 Å². The van der Waals surface area contributed by atoms with Crippen LogP contribution >= 0.6 is 0 Å². The van der Waals surface area contributed by atoms with Crippen LogP contribution in [0, 0.1) is 0 Å². The van der Waals surface area contributed by atoms with Crippen molar-refractivity contribution >= 4 is 47.0 Å². The third kappa shape index (κ3) is 2.59. The third-order valence-electron chi connectivity index (χ3n) is 4.42. The van der Waals surface area contributed by atoms with Crippen molar-refractivity contribution in [3.63, 3.8) is 0 Å². The fourth-order valence-electron chi connectivity index (χ4n) is 3.44. The molecule has 0 aromatic heterocycles. The molecule has 0 heterocycles. The fraction of sp³-hybridized carbons (Fsp3) is 0.238. The molecular formula is C21H20O2Si. The molecule has 0 atom stereocenters. The largest absolute Gasteiger partial charge is 0.357 e. The Balaban J connectivity index is 1.94. The Bertz CT molecular complexity index is 973. The molecule has 0 fully saturated rings. The van der Waals surface area contributed by atoms with Gasteiger partial charge < -0.3 is 9.47 Å². The van der Waals surface area contributed by atoms with Gasteiger partial charge in [-0.15, -0.1) is 0 Å². The van der Waals surface area contributed by atoms with E-state index < -0.39 is 0 Å². The molecule has 0 aliphatic carbocycles. The third-order valence-corrected chi connectivity index (χ3v) is 5.71. The lowest BCUT2D eigenvalue weighted by Crippen LogP contribution is -2.33. The second-order valence-electron chi connectivity index (χ2n) is 5.86. The van der Waals surface area contributed by atoms with Gasteiger partial charge in [0.1, 0.15) is 5.91 Å². The molecule has 4 aromatic carbocycles. The quantitative estimate of drug-likeness (QED) is 0.298. The maximum absolute atomic E-state index is 5.79. The van der Waals surface area contributed by atoms with Crippen LogP contribution in [0.3, 0.4) is 0 Å². The van der Waals surface area contributed by atoms with E-state index in [9.17, 15) is 0 Å². The van der Waals surface area contributed by atoms with Crippen molar-refractivity contribution in [2.45, 2.75) is 19.8 Å². The van der Waals surface area contributed by atoms with E-state index in [1.807, 2.05) is 13.8 Å². The second-order valence-corrected chi connectivity index (χ2v) is 7.16. The summed E-state index contributed by atoms with van der Waals surface area (Å²) in [6.45, 7) is 5.37. The molecule has 0 amide bonds. The van der Waals surface area contributed by atoms with Crippen LogP contribution in [0.1, 0.15) is 13.8 Å². The van der Waals surface area contributed by atoms with Crippen LogP contribution in [0.4, 0.5) is 0 Å². The fourth-order valence-corrected chi connectivity index (χ4v) is 4.80. The maximum Gasteiger partial charge on any atom is 0.157 e. The summed E-state index contributed by atoms with van der Waals surface area (Å²) in [6.07, 6.45) is 0. The van der Waals surface area contributed by atoms with Gasteiger partial charge in [0.2, 0.25) is 0 Å². The molecule has 0 aliphatic rings. The topological polar surface area (TPSA) is 18.5 Å². The summed E-state index contributed by atoms with van der Waals surface area (Å²) in [5.41, 5.74) is 0. The molecular weight excluding hydrogens is 312 g/mol. The van der Waals surface area contributed by atoms with Gasteiger partial charge in [-0.3, -0.25) is 0 Å². The van der Waals surface area contributed by atoms with Gasteiger partial charge in [0.05, 0.1) is 0 Å². The summed E-state index contributed by atoms with van der Waals surface area (Å²) < 4.78 is 11.6. The van der Waals surface area contributed by atoms with Gasteiger partial charge >= 0.3 is 0 Å². The molecule has 2 radical (unpaired) electrons. The Hall–Kier alpha value is -1.94. The van der Waals surface area contributed by atoms with Gasteiger partial charge in [0.15, 0.2) is 9.52 Å². The molecule has 0 saturated heterocycles. The first-order valence-corrected chi connectivity index (χ1v) is 9.56. The SMILES string of the molecule is CCOC(OCC)[Si]c1cc2cccc3ccc4cccc1c4c32. The second kappa shape index (κ2) is 6.52. The Morgan fingerprint density at radius 1 is 0.792 bits per heavy atom. The summed E-state index contributed by atoms with van der Waals surface area (Å²) in [4.78, 5) is 0. The highest BCUT2D eigenvalue weighted by atomic mass is 28.2. The zero-order chi connectivity index (χ0) is 16.5. The van der Waals surface area contributed by atoms with E-state index in [-0.39, 0.29) is 5.91 Å². The molecule has 0 saturated carbocycles. The smallest absolute Gasteiger partial charge is 0.157 e. The number of hydrogen-bond donors (Lipinski definition) is 0. The van der Waals surface area contributed by atoms with Crippen LogP contribution in [0.5, 0.6) is 0 Å². The van der Waals surface area contributed by atoms with Gasteiger partial charge in [-0.2, -0.15) is 0 Å². The number of benzene rings is 4. The zero-order valence-corrected chi connectivity index (χ0v) is 15.0. The Kier molecular flexibility index (Phi) is 4.23. The van der Waals surface area contributed by atoms with E-state index in [1.165, 1.54) is 37.5 Å². The van der Waals surface area contributed by atoms with Gasteiger partial charge in [-0.25, -0.2) is 0 Å². The van der Waals surface area contributed by atoms with E-state index >= 15 is 0 Å². The van der Waals surface area contributed by atoms with E-state index in [0.717, 1.165) is 0 Å². The molecule has 3 heteroatoms. The lowest BCUT2D eigenvalue weighted by Gasteiger charge is -2.19. The van der Waals surface area contributed by atoms with Gasteiger partial charge in [-0.05, 0) is 51.4 Å². The summed E-state index contributed by atoms with van der Waals surface area (Å²) in [6, 6.07) is 19.9. The lowest BCUT2D eigenvalue weighted by molar-refractivity contribution is -0.0817. The molecule has 0 unspecified atom stereocenters. The van der Waals surface area contributed by atoms with E-state index in [4.69, 9.17) is 9.47 Å². The first kappa shape index (κ1) is 15.6. The zero-order valence-electron chi connectivity index (χ0n) is 14.0.